The van der Waals surface area contributed by atoms with Crippen LogP contribution in [-0.2, 0) is 15.5 Å². The van der Waals surface area contributed by atoms with Crippen LogP contribution in [0.2, 0.25) is 0 Å². The zero-order valence-electron chi connectivity index (χ0n) is 15.7. The van der Waals surface area contributed by atoms with Crippen LogP contribution < -0.4 is 4.18 Å². The van der Waals surface area contributed by atoms with Gasteiger partial charge in [-0.1, -0.05) is 37.3 Å². The maximum absolute atomic E-state index is 12.5. The van der Waals surface area contributed by atoms with E-state index >= 15 is 0 Å². The monoisotopic (exact) mass is 413 g/mol. The minimum atomic E-state index is -5.69. The number of alkyl halides is 3. The quantitative estimate of drug-likeness (QED) is 0.500. The molecule has 0 radical (unpaired) electrons. The highest BCUT2D eigenvalue weighted by atomic mass is 32.2. The van der Waals surface area contributed by atoms with E-state index < -0.39 is 21.0 Å². The average Bonchev–Trinajstić information content (AvgIpc) is 2.99. The second kappa shape index (κ2) is 7.39. The third-order valence-electron chi connectivity index (χ3n) is 5.13. The smallest absolute Gasteiger partial charge is 0.376 e. The largest absolute Gasteiger partial charge is 0.534 e. The van der Waals surface area contributed by atoms with Crippen molar-refractivity contribution in [1.82, 2.24) is 0 Å². The molecule has 1 aromatic carbocycles. The number of hydrogen-bond donors (Lipinski definition) is 0. The molecule has 0 bridgehead atoms. The van der Waals surface area contributed by atoms with E-state index in [4.69, 9.17) is 4.99 Å². The van der Waals surface area contributed by atoms with Crippen LogP contribution in [0.15, 0.2) is 53.1 Å². The first-order chi connectivity index (χ1) is 13.1. The van der Waals surface area contributed by atoms with Crippen molar-refractivity contribution in [2.75, 3.05) is 0 Å². The predicted octanol–water partition coefficient (Wildman–Crippen LogP) is 5.07. The summed E-state index contributed by atoms with van der Waals surface area (Å²) < 4.78 is 64.3. The Morgan fingerprint density at radius 3 is 2.43 bits per heavy atom. The molecule has 1 aromatic rings. The Balaban J connectivity index is 2.00. The number of hydrogen-bond acceptors (Lipinski definition) is 4. The maximum Gasteiger partial charge on any atom is 0.534 e. The van der Waals surface area contributed by atoms with Crippen molar-refractivity contribution in [3.05, 3.63) is 53.6 Å². The second-order valence-electron chi connectivity index (χ2n) is 7.03. The molecule has 3 rings (SSSR count). The van der Waals surface area contributed by atoms with Gasteiger partial charge in [0.2, 0.25) is 0 Å². The van der Waals surface area contributed by atoms with Crippen molar-refractivity contribution in [2.45, 2.75) is 56.5 Å². The molecular formula is C20H22F3NO3S. The van der Waals surface area contributed by atoms with Gasteiger partial charge in [0.1, 0.15) is 5.75 Å². The molecule has 0 aromatic heterocycles. The van der Waals surface area contributed by atoms with Gasteiger partial charge in [0.25, 0.3) is 0 Å². The average molecular weight is 413 g/mol. The van der Waals surface area contributed by atoms with Gasteiger partial charge in [-0.25, -0.2) is 0 Å². The van der Waals surface area contributed by atoms with Gasteiger partial charge in [-0.2, -0.15) is 21.6 Å². The lowest BCUT2D eigenvalue weighted by Crippen LogP contribution is -2.35. The number of nitrogens with zero attached hydrogens (tertiary/aromatic N) is 1. The van der Waals surface area contributed by atoms with Crippen molar-refractivity contribution in [3.63, 3.8) is 0 Å². The molecule has 0 N–H and O–H groups in total. The van der Waals surface area contributed by atoms with E-state index in [1.165, 1.54) is 12.1 Å². The fraction of sp³-hybridized carbons (Fsp3) is 0.450. The molecule has 2 aliphatic rings. The van der Waals surface area contributed by atoms with E-state index in [0.717, 1.165) is 42.5 Å². The Hall–Kier alpha value is -2.09. The second-order valence-corrected chi connectivity index (χ2v) is 8.57. The summed E-state index contributed by atoms with van der Waals surface area (Å²) in [6, 6.07) is 5.92. The first kappa shape index (κ1) is 20.6. The van der Waals surface area contributed by atoms with Gasteiger partial charge in [-0.15, -0.1) is 0 Å². The third kappa shape index (κ3) is 3.62. The molecule has 2 atom stereocenters. The summed E-state index contributed by atoms with van der Waals surface area (Å²) in [7, 11) is -5.69. The van der Waals surface area contributed by atoms with E-state index in [0.29, 0.717) is 0 Å². The fourth-order valence-corrected chi connectivity index (χ4v) is 4.47. The van der Waals surface area contributed by atoms with Gasteiger partial charge in [0.05, 0.1) is 5.41 Å². The van der Waals surface area contributed by atoms with Crippen LogP contribution in [-0.4, -0.2) is 25.7 Å². The van der Waals surface area contributed by atoms with Crippen LogP contribution in [0.4, 0.5) is 13.2 Å². The summed E-state index contributed by atoms with van der Waals surface area (Å²) in [6.07, 6.45) is 9.77. The van der Waals surface area contributed by atoms with Crippen molar-refractivity contribution in [3.8, 4) is 5.75 Å². The summed E-state index contributed by atoms with van der Waals surface area (Å²) >= 11 is 0. The van der Waals surface area contributed by atoms with E-state index in [1.54, 1.807) is 12.1 Å². The van der Waals surface area contributed by atoms with Crippen molar-refractivity contribution >= 4 is 15.8 Å². The SMILES string of the molecule is CCC1=NC(C)CC1(C1=CCCC=C1)c1ccc(OS(=O)(=O)C(F)(F)F)cc1. The molecular weight excluding hydrogens is 391 g/mol. The van der Waals surface area contributed by atoms with Crippen molar-refractivity contribution in [1.29, 1.82) is 0 Å². The molecule has 8 heteroatoms. The van der Waals surface area contributed by atoms with Crippen molar-refractivity contribution < 1.29 is 25.8 Å². The van der Waals surface area contributed by atoms with Gasteiger partial charge in [-0.05, 0) is 55.9 Å². The molecule has 4 nitrogen and oxygen atoms in total. The van der Waals surface area contributed by atoms with Gasteiger partial charge < -0.3 is 4.18 Å². The summed E-state index contributed by atoms with van der Waals surface area (Å²) in [5.41, 5.74) is -2.90. The molecule has 28 heavy (non-hydrogen) atoms. The Morgan fingerprint density at radius 2 is 1.89 bits per heavy atom. The fourth-order valence-electron chi connectivity index (χ4n) is 4.01. The topological polar surface area (TPSA) is 55.7 Å². The lowest BCUT2D eigenvalue weighted by molar-refractivity contribution is -0.0500. The number of halogens is 3. The Bertz CT molecular complexity index is 930. The molecule has 0 amide bonds. The minimum Gasteiger partial charge on any atom is -0.376 e. The van der Waals surface area contributed by atoms with E-state index in [1.807, 2.05) is 13.8 Å². The highest BCUT2D eigenvalue weighted by Gasteiger charge is 2.49. The molecule has 0 fully saturated rings. The Labute approximate surface area is 162 Å². The highest BCUT2D eigenvalue weighted by Crippen LogP contribution is 2.46. The standard InChI is InChI=1S/C20H22F3NO3S/c1-3-18-19(13-14(2)24-18,15-7-5-4-6-8-15)16-9-11-17(12-10-16)27-28(25,26)20(21,22)23/h5,7-12,14H,3-4,6,13H2,1-2H3. The summed E-state index contributed by atoms with van der Waals surface area (Å²) in [5.74, 6) is -0.370. The normalized spacial score (nSPS) is 25.4. The van der Waals surface area contributed by atoms with Crippen LogP contribution in [0.25, 0.3) is 0 Å². The zero-order chi connectivity index (χ0) is 20.6. The van der Waals surface area contributed by atoms with Crippen LogP contribution in [0.1, 0.15) is 45.1 Å². The lowest BCUT2D eigenvalue weighted by atomic mass is 9.67. The number of rotatable bonds is 5. The van der Waals surface area contributed by atoms with Gasteiger partial charge in [0.15, 0.2) is 0 Å². The van der Waals surface area contributed by atoms with E-state index in [9.17, 15) is 21.6 Å². The van der Waals surface area contributed by atoms with Crippen molar-refractivity contribution in [2.24, 2.45) is 4.99 Å². The minimum absolute atomic E-state index is 0.118. The third-order valence-corrected chi connectivity index (χ3v) is 6.11. The first-order valence-corrected chi connectivity index (χ1v) is 10.6. The summed E-state index contributed by atoms with van der Waals surface area (Å²) in [5, 5.41) is 0. The van der Waals surface area contributed by atoms with Gasteiger partial charge >= 0.3 is 15.6 Å². The Morgan fingerprint density at radius 1 is 1.21 bits per heavy atom. The molecule has 0 spiro atoms. The molecule has 152 valence electrons. The van der Waals surface area contributed by atoms with Gasteiger partial charge in [-0.3, -0.25) is 4.99 Å². The molecule has 2 unspecified atom stereocenters. The molecule has 0 saturated carbocycles. The highest BCUT2D eigenvalue weighted by molar-refractivity contribution is 7.88. The lowest BCUT2D eigenvalue weighted by Gasteiger charge is -2.34. The molecule has 0 saturated heterocycles. The summed E-state index contributed by atoms with van der Waals surface area (Å²) in [6.45, 7) is 4.07. The van der Waals surface area contributed by atoms with Crippen LogP contribution in [0.5, 0.6) is 5.75 Å². The van der Waals surface area contributed by atoms with Gasteiger partial charge in [0, 0.05) is 11.8 Å². The van der Waals surface area contributed by atoms with Crippen LogP contribution >= 0.6 is 0 Å². The number of allylic oxidation sites excluding steroid dienone is 4. The zero-order valence-corrected chi connectivity index (χ0v) is 16.5. The molecule has 1 aliphatic carbocycles. The van der Waals surface area contributed by atoms with Crippen LogP contribution in [0.3, 0.4) is 0 Å². The molecule has 1 heterocycles. The van der Waals surface area contributed by atoms with E-state index in [2.05, 4.69) is 22.4 Å². The first-order valence-electron chi connectivity index (χ1n) is 9.16. The summed E-state index contributed by atoms with van der Waals surface area (Å²) in [4.78, 5) is 4.79. The molecule has 1 aliphatic heterocycles. The van der Waals surface area contributed by atoms with Crippen LogP contribution in [0, 0.1) is 0 Å². The van der Waals surface area contributed by atoms with E-state index in [-0.39, 0.29) is 11.8 Å². The number of benzene rings is 1. The maximum atomic E-state index is 12.5. The predicted molar refractivity (Wildman–Crippen MR) is 102 cm³/mol. The Kier molecular flexibility index (Phi) is 5.44. The number of aliphatic imine (C=N–C) groups is 1.